The molecule has 0 atom stereocenters. The van der Waals surface area contributed by atoms with Crippen LogP contribution < -0.4 is 10.9 Å². The van der Waals surface area contributed by atoms with Crippen molar-refractivity contribution in [3.05, 3.63) is 61.5 Å². The molecule has 3 rings (SSSR count). The number of aromatic nitrogens is 3. The Balaban J connectivity index is 1.82. The summed E-state index contributed by atoms with van der Waals surface area (Å²) in [6, 6.07) is 9.53. The number of anilines is 2. The average Bonchev–Trinajstić information content (AvgIpc) is 3.09. The fraction of sp³-hybridized carbons (Fsp3) is 0.188. The molecule has 3 aromatic rings. The van der Waals surface area contributed by atoms with E-state index in [1.165, 1.54) is 21.2 Å². The first-order valence-corrected chi connectivity index (χ1v) is 9.41. The lowest BCUT2D eigenvalue weighted by molar-refractivity contribution is 0.667. The second kappa shape index (κ2) is 7.38. The Morgan fingerprint density at radius 3 is 2.88 bits per heavy atom. The van der Waals surface area contributed by atoms with Gasteiger partial charge in [0.2, 0.25) is 5.82 Å². The first kappa shape index (κ1) is 17.0. The van der Waals surface area contributed by atoms with Gasteiger partial charge >= 0.3 is 0 Å². The molecule has 0 fully saturated rings. The molecule has 0 radical (unpaired) electrons. The summed E-state index contributed by atoms with van der Waals surface area (Å²) in [4.78, 5) is 13.7. The van der Waals surface area contributed by atoms with Gasteiger partial charge in [-0.2, -0.15) is 0 Å². The van der Waals surface area contributed by atoms with E-state index in [2.05, 4.69) is 21.6 Å². The molecule has 0 bridgehead atoms. The van der Waals surface area contributed by atoms with Crippen LogP contribution in [0.5, 0.6) is 0 Å². The summed E-state index contributed by atoms with van der Waals surface area (Å²) in [6.45, 7) is 1.88. The molecule has 8 heteroatoms. The number of hydrogen-bond donors (Lipinski definition) is 1. The Kier molecular flexibility index (Phi) is 5.23. The van der Waals surface area contributed by atoms with Crippen LogP contribution in [0.4, 0.5) is 11.5 Å². The summed E-state index contributed by atoms with van der Waals surface area (Å²) in [5, 5.41) is 14.5. The highest BCUT2D eigenvalue weighted by molar-refractivity contribution is 7.98. The summed E-state index contributed by atoms with van der Waals surface area (Å²) in [6.07, 6.45) is 0. The van der Waals surface area contributed by atoms with Crippen molar-refractivity contribution in [1.82, 2.24) is 14.8 Å². The number of nitrogens with zero attached hydrogens (tertiary/aromatic N) is 3. The van der Waals surface area contributed by atoms with Gasteiger partial charge in [-0.1, -0.05) is 35.5 Å². The highest BCUT2D eigenvalue weighted by Gasteiger charge is 2.12. The first-order chi connectivity index (χ1) is 11.6. The average molecular weight is 379 g/mol. The second-order valence-corrected chi connectivity index (χ2v) is 7.48. The topological polar surface area (TPSA) is 59.8 Å². The van der Waals surface area contributed by atoms with Gasteiger partial charge in [0.1, 0.15) is 0 Å². The minimum Gasteiger partial charge on any atom is -0.334 e. The normalized spacial score (nSPS) is 10.8. The molecule has 0 unspecified atom stereocenters. The summed E-state index contributed by atoms with van der Waals surface area (Å²) < 4.78 is 1.51. The molecule has 2 aromatic heterocycles. The molecular formula is C16H15ClN4OS2. The van der Waals surface area contributed by atoms with Crippen LogP contribution in [0.15, 0.2) is 45.7 Å². The van der Waals surface area contributed by atoms with Crippen LogP contribution in [0.25, 0.3) is 0 Å². The molecule has 0 aliphatic carbocycles. The van der Waals surface area contributed by atoms with Gasteiger partial charge in [0.15, 0.2) is 5.16 Å². The van der Waals surface area contributed by atoms with Crippen molar-refractivity contribution in [3.8, 4) is 0 Å². The van der Waals surface area contributed by atoms with Crippen LogP contribution in [-0.4, -0.2) is 14.8 Å². The number of halogens is 1. The number of thiophene rings is 1. The number of benzene rings is 1. The Labute approximate surface area is 152 Å². The number of hydrogen-bond acceptors (Lipinski definition) is 6. The minimum atomic E-state index is -0.224. The van der Waals surface area contributed by atoms with Crippen LogP contribution in [0.3, 0.4) is 0 Å². The molecular weight excluding hydrogens is 364 g/mol. The maximum Gasteiger partial charge on any atom is 0.297 e. The Morgan fingerprint density at radius 1 is 1.29 bits per heavy atom. The maximum atomic E-state index is 12.5. The Bertz CT molecular complexity index is 909. The third kappa shape index (κ3) is 3.63. The van der Waals surface area contributed by atoms with Crippen LogP contribution in [0, 0.1) is 6.92 Å². The van der Waals surface area contributed by atoms with E-state index in [4.69, 9.17) is 11.6 Å². The van der Waals surface area contributed by atoms with Gasteiger partial charge in [-0.25, -0.2) is 0 Å². The van der Waals surface area contributed by atoms with E-state index in [9.17, 15) is 4.79 Å². The van der Waals surface area contributed by atoms with Crippen LogP contribution in [-0.2, 0) is 12.8 Å². The SMILES string of the molecule is Cc1c(Cl)cccc1Nc1nnc(SCc2cccs2)n(C)c1=O. The lowest BCUT2D eigenvalue weighted by Gasteiger charge is -2.11. The van der Waals surface area contributed by atoms with Gasteiger partial charge in [-0.3, -0.25) is 9.36 Å². The summed E-state index contributed by atoms with van der Waals surface area (Å²) in [7, 11) is 1.70. The molecule has 0 aliphatic rings. The predicted molar refractivity (Wildman–Crippen MR) is 101 cm³/mol. The largest absolute Gasteiger partial charge is 0.334 e. The van der Waals surface area contributed by atoms with Crippen molar-refractivity contribution >= 4 is 46.2 Å². The molecule has 0 saturated carbocycles. The van der Waals surface area contributed by atoms with Gasteiger partial charge in [-0.05, 0) is 36.1 Å². The molecule has 124 valence electrons. The third-order valence-corrected chi connectivity index (χ3v) is 6.01. The molecule has 1 aromatic carbocycles. The maximum absolute atomic E-state index is 12.5. The number of rotatable bonds is 5. The molecule has 0 spiro atoms. The molecule has 2 heterocycles. The van der Waals surface area contributed by atoms with Gasteiger partial charge in [0.25, 0.3) is 5.56 Å². The van der Waals surface area contributed by atoms with E-state index >= 15 is 0 Å². The van der Waals surface area contributed by atoms with Gasteiger partial charge < -0.3 is 5.32 Å². The summed E-state index contributed by atoms with van der Waals surface area (Å²) >= 11 is 9.27. The zero-order valence-corrected chi connectivity index (χ0v) is 15.5. The Hall–Kier alpha value is -1.83. The van der Waals surface area contributed by atoms with E-state index in [0.717, 1.165) is 17.0 Å². The zero-order valence-electron chi connectivity index (χ0n) is 13.1. The minimum absolute atomic E-state index is 0.184. The molecule has 0 saturated heterocycles. The van der Waals surface area contributed by atoms with Crippen molar-refractivity contribution in [2.24, 2.45) is 7.05 Å². The lowest BCUT2D eigenvalue weighted by Crippen LogP contribution is -2.24. The zero-order chi connectivity index (χ0) is 17.1. The highest BCUT2D eigenvalue weighted by Crippen LogP contribution is 2.25. The fourth-order valence-electron chi connectivity index (χ4n) is 2.05. The van der Waals surface area contributed by atoms with E-state index in [-0.39, 0.29) is 11.4 Å². The van der Waals surface area contributed by atoms with Crippen molar-refractivity contribution in [2.75, 3.05) is 5.32 Å². The van der Waals surface area contributed by atoms with E-state index < -0.39 is 0 Å². The summed E-state index contributed by atoms with van der Waals surface area (Å²) in [5.74, 6) is 0.947. The predicted octanol–water partition coefficient (Wildman–Crippen LogP) is 4.23. The first-order valence-electron chi connectivity index (χ1n) is 7.17. The summed E-state index contributed by atoms with van der Waals surface area (Å²) in [5.41, 5.74) is 1.38. The standard InChI is InChI=1S/C16H15ClN4OS2/c1-10-12(17)6-3-7-13(10)18-14-15(22)21(2)16(20-19-14)24-9-11-5-4-8-23-11/h3-8H,9H2,1-2H3,(H,18,19). The lowest BCUT2D eigenvalue weighted by atomic mass is 10.2. The third-order valence-electron chi connectivity index (χ3n) is 3.47. The van der Waals surface area contributed by atoms with Crippen LogP contribution in [0.2, 0.25) is 5.02 Å². The van der Waals surface area contributed by atoms with Crippen LogP contribution in [0.1, 0.15) is 10.4 Å². The number of nitrogens with one attached hydrogen (secondary N) is 1. The van der Waals surface area contributed by atoms with E-state index in [1.807, 2.05) is 30.5 Å². The molecule has 0 aliphatic heterocycles. The van der Waals surface area contributed by atoms with Crippen molar-refractivity contribution in [2.45, 2.75) is 17.8 Å². The molecule has 0 amide bonds. The Morgan fingerprint density at radius 2 is 2.12 bits per heavy atom. The van der Waals surface area contributed by atoms with Crippen molar-refractivity contribution < 1.29 is 0 Å². The van der Waals surface area contributed by atoms with Crippen molar-refractivity contribution in [3.63, 3.8) is 0 Å². The monoisotopic (exact) mass is 378 g/mol. The fourth-order valence-corrected chi connectivity index (χ4v) is 3.91. The molecule has 1 N–H and O–H groups in total. The second-order valence-electron chi connectivity index (χ2n) is 5.10. The van der Waals surface area contributed by atoms with Gasteiger partial charge in [0, 0.05) is 28.4 Å². The quantitative estimate of drug-likeness (QED) is 0.673. The molecule has 24 heavy (non-hydrogen) atoms. The van der Waals surface area contributed by atoms with Gasteiger partial charge in [0.05, 0.1) is 0 Å². The van der Waals surface area contributed by atoms with E-state index in [0.29, 0.717) is 10.2 Å². The number of thioether (sulfide) groups is 1. The van der Waals surface area contributed by atoms with Gasteiger partial charge in [-0.15, -0.1) is 21.5 Å². The van der Waals surface area contributed by atoms with E-state index in [1.54, 1.807) is 24.5 Å². The molecule has 5 nitrogen and oxygen atoms in total. The smallest absolute Gasteiger partial charge is 0.297 e. The highest BCUT2D eigenvalue weighted by atomic mass is 35.5. The van der Waals surface area contributed by atoms with Crippen molar-refractivity contribution in [1.29, 1.82) is 0 Å². The van der Waals surface area contributed by atoms with Crippen LogP contribution >= 0.6 is 34.7 Å².